The normalized spacial score (nSPS) is 17.4. The SMILES string of the molecule is CC(C)C(C)(C)C1=[C]([Zr+2][C]2=C(C(C)(C)C(C)C)C=CC2)CC=C1.[Cl-].[Cl-]. The van der Waals surface area contributed by atoms with E-state index < -0.39 is 23.2 Å². The zero-order valence-corrected chi connectivity index (χ0v) is 21.1. The Bertz CT molecular complexity index is 535. The Kier molecular flexibility index (Phi) is 9.73. The molecule has 0 N–H and O–H groups in total. The Morgan fingerprint density at radius 1 is 0.720 bits per heavy atom. The quantitative estimate of drug-likeness (QED) is 0.552. The predicted molar refractivity (Wildman–Crippen MR) is 98.8 cm³/mol. The fraction of sp³-hybridized carbons (Fsp3) is 0.636. The van der Waals surface area contributed by atoms with Gasteiger partial charge in [0.1, 0.15) is 0 Å². The molecule has 140 valence electrons. The van der Waals surface area contributed by atoms with Crippen LogP contribution in [0.2, 0.25) is 0 Å². The first kappa shape index (κ1) is 25.4. The van der Waals surface area contributed by atoms with Crippen LogP contribution in [0.1, 0.15) is 68.2 Å². The zero-order valence-electron chi connectivity index (χ0n) is 17.1. The van der Waals surface area contributed by atoms with Gasteiger partial charge in [-0.15, -0.1) is 0 Å². The van der Waals surface area contributed by atoms with Crippen LogP contribution >= 0.6 is 0 Å². The molecule has 25 heavy (non-hydrogen) atoms. The molecule has 0 aliphatic heterocycles. The van der Waals surface area contributed by atoms with Gasteiger partial charge in [-0.25, -0.2) is 0 Å². The minimum absolute atomic E-state index is 0. The minimum Gasteiger partial charge on any atom is -1.00 e. The Morgan fingerprint density at radius 3 is 1.32 bits per heavy atom. The van der Waals surface area contributed by atoms with Crippen LogP contribution in [0.3, 0.4) is 0 Å². The van der Waals surface area contributed by atoms with Crippen LogP contribution < -0.4 is 24.8 Å². The molecule has 0 heterocycles. The smallest absolute Gasteiger partial charge is 1.00 e. The zero-order chi connectivity index (χ0) is 17.4. The molecule has 2 aliphatic rings. The Hall–Kier alpha value is 0.423. The summed E-state index contributed by atoms with van der Waals surface area (Å²) in [5.41, 5.74) is 3.95. The van der Waals surface area contributed by atoms with Gasteiger partial charge in [-0.2, -0.15) is 0 Å². The van der Waals surface area contributed by atoms with Gasteiger partial charge >= 0.3 is 156 Å². The van der Waals surface area contributed by atoms with Crippen molar-refractivity contribution < 1.29 is 48.0 Å². The molecule has 0 atom stereocenters. The second kappa shape index (κ2) is 9.57. The molecule has 0 amide bonds. The summed E-state index contributed by atoms with van der Waals surface area (Å²) < 4.78 is 3.64. The molecular formula is C22H34Cl2Zr. The standard InChI is InChI=1S/2C11H17.2ClH.Zr/c2*1-9(2)11(3,4)10-7-5-6-8-10;;;/h2*5,7,9H,6H2,1-4H3;2*1H;/q;;;;+2/p-2. The topological polar surface area (TPSA) is 0 Å². The molecule has 0 unspecified atom stereocenters. The average Bonchev–Trinajstić information content (AvgIpc) is 3.08. The summed E-state index contributed by atoms with van der Waals surface area (Å²) in [6.45, 7) is 19.2. The van der Waals surface area contributed by atoms with E-state index in [2.05, 4.69) is 79.7 Å². The van der Waals surface area contributed by atoms with Gasteiger partial charge in [-0.05, 0) is 0 Å². The van der Waals surface area contributed by atoms with Crippen molar-refractivity contribution in [3.05, 3.63) is 42.0 Å². The number of hydrogen-bond donors (Lipinski definition) is 0. The molecule has 2 aliphatic carbocycles. The molecular weight excluding hydrogens is 426 g/mol. The average molecular weight is 461 g/mol. The van der Waals surface area contributed by atoms with Crippen LogP contribution in [-0.2, 0) is 23.2 Å². The van der Waals surface area contributed by atoms with Crippen molar-refractivity contribution in [3.63, 3.8) is 0 Å². The number of rotatable bonds is 6. The van der Waals surface area contributed by atoms with Crippen molar-refractivity contribution >= 4 is 0 Å². The van der Waals surface area contributed by atoms with Crippen molar-refractivity contribution in [2.45, 2.75) is 68.2 Å². The molecule has 2 rings (SSSR count). The Morgan fingerprint density at radius 2 is 1.04 bits per heavy atom. The van der Waals surface area contributed by atoms with Crippen LogP contribution in [-0.4, -0.2) is 0 Å². The molecule has 0 spiro atoms. The van der Waals surface area contributed by atoms with E-state index in [1.807, 2.05) is 6.56 Å². The van der Waals surface area contributed by atoms with Crippen LogP contribution in [0.5, 0.6) is 0 Å². The van der Waals surface area contributed by atoms with E-state index in [9.17, 15) is 0 Å². The van der Waals surface area contributed by atoms with Crippen molar-refractivity contribution in [3.8, 4) is 0 Å². The van der Waals surface area contributed by atoms with Crippen molar-refractivity contribution in [1.82, 2.24) is 0 Å². The largest absolute Gasteiger partial charge is 1.00 e. The predicted octanol–water partition coefficient (Wildman–Crippen LogP) is 0.869. The first-order valence-corrected chi connectivity index (χ1v) is 11.6. The molecule has 0 aromatic carbocycles. The van der Waals surface area contributed by atoms with Crippen molar-refractivity contribution in [1.29, 1.82) is 0 Å². The van der Waals surface area contributed by atoms with Gasteiger partial charge in [0.2, 0.25) is 0 Å². The fourth-order valence-corrected chi connectivity index (χ4v) is 7.89. The molecule has 0 radical (unpaired) electrons. The van der Waals surface area contributed by atoms with Gasteiger partial charge in [0.15, 0.2) is 0 Å². The summed E-state index contributed by atoms with van der Waals surface area (Å²) >= 11 is -0.652. The second-order valence-corrected chi connectivity index (χ2v) is 12.5. The maximum absolute atomic E-state index is 2.44. The summed E-state index contributed by atoms with van der Waals surface area (Å²) in [5, 5.41) is 0. The molecule has 0 saturated carbocycles. The van der Waals surface area contributed by atoms with Gasteiger partial charge in [-0.3, -0.25) is 0 Å². The second-order valence-electron chi connectivity index (χ2n) is 8.88. The summed E-state index contributed by atoms with van der Waals surface area (Å²) in [6.07, 6.45) is 12.1. The molecule has 0 nitrogen and oxygen atoms in total. The van der Waals surface area contributed by atoms with Crippen LogP contribution in [0.15, 0.2) is 42.0 Å². The van der Waals surface area contributed by atoms with Crippen LogP contribution in [0.25, 0.3) is 0 Å². The van der Waals surface area contributed by atoms with E-state index in [4.69, 9.17) is 0 Å². The maximum atomic E-state index is 2.44. The van der Waals surface area contributed by atoms with Crippen molar-refractivity contribution in [2.24, 2.45) is 22.7 Å². The first-order valence-electron chi connectivity index (χ1n) is 9.15. The fourth-order valence-electron chi connectivity index (χ4n) is 3.26. The Balaban J connectivity index is 0.00000288. The van der Waals surface area contributed by atoms with E-state index >= 15 is 0 Å². The summed E-state index contributed by atoms with van der Waals surface area (Å²) in [5.74, 6) is 1.38. The minimum atomic E-state index is -0.652. The molecule has 0 saturated heterocycles. The van der Waals surface area contributed by atoms with E-state index in [1.165, 1.54) is 12.8 Å². The third-order valence-electron chi connectivity index (χ3n) is 6.44. The third-order valence-corrected chi connectivity index (χ3v) is 10.3. The van der Waals surface area contributed by atoms with Crippen LogP contribution in [0.4, 0.5) is 0 Å². The number of hydrogen-bond acceptors (Lipinski definition) is 0. The van der Waals surface area contributed by atoms with Gasteiger partial charge in [0.25, 0.3) is 0 Å². The maximum Gasteiger partial charge on any atom is -1.00 e. The van der Waals surface area contributed by atoms with E-state index in [0.29, 0.717) is 22.7 Å². The Labute approximate surface area is 180 Å². The van der Waals surface area contributed by atoms with Gasteiger partial charge in [0, 0.05) is 0 Å². The summed E-state index contributed by atoms with van der Waals surface area (Å²) in [6, 6.07) is 0. The van der Waals surface area contributed by atoms with Crippen LogP contribution in [0, 0.1) is 22.7 Å². The molecule has 0 fully saturated rings. The van der Waals surface area contributed by atoms with E-state index in [-0.39, 0.29) is 24.8 Å². The van der Waals surface area contributed by atoms with Gasteiger partial charge in [0.05, 0.1) is 0 Å². The number of halogens is 2. The molecule has 3 heteroatoms. The van der Waals surface area contributed by atoms with Gasteiger partial charge < -0.3 is 24.8 Å². The first-order chi connectivity index (χ1) is 10.6. The summed E-state index contributed by atoms with van der Waals surface area (Å²) in [7, 11) is 0. The summed E-state index contributed by atoms with van der Waals surface area (Å²) in [4.78, 5) is 0. The molecule has 0 bridgehead atoms. The molecule has 0 aromatic rings. The van der Waals surface area contributed by atoms with E-state index in [1.54, 1.807) is 11.1 Å². The van der Waals surface area contributed by atoms with E-state index in [0.717, 1.165) is 0 Å². The number of allylic oxidation sites excluding steroid dienone is 8. The van der Waals surface area contributed by atoms with Gasteiger partial charge in [-0.1, -0.05) is 0 Å². The monoisotopic (exact) mass is 458 g/mol. The molecule has 0 aromatic heterocycles. The van der Waals surface area contributed by atoms with Crippen molar-refractivity contribution in [2.75, 3.05) is 0 Å². The third kappa shape index (κ3) is 5.24.